The Hall–Kier alpha value is -0.0800. The molecular formula is C18H36N2. The lowest BCUT2D eigenvalue weighted by atomic mass is 9.61. The lowest BCUT2D eigenvalue weighted by molar-refractivity contribution is 0.0362. The van der Waals surface area contributed by atoms with E-state index in [2.05, 4.69) is 45.0 Å². The monoisotopic (exact) mass is 280 g/mol. The minimum Gasteiger partial charge on any atom is -0.317 e. The van der Waals surface area contributed by atoms with E-state index in [1.165, 1.54) is 58.3 Å². The van der Waals surface area contributed by atoms with E-state index in [0.29, 0.717) is 10.8 Å². The van der Waals surface area contributed by atoms with E-state index in [9.17, 15) is 0 Å². The van der Waals surface area contributed by atoms with Crippen molar-refractivity contribution in [2.75, 3.05) is 33.2 Å². The third-order valence-corrected chi connectivity index (χ3v) is 6.18. The first-order chi connectivity index (χ1) is 9.31. The largest absolute Gasteiger partial charge is 0.317 e. The normalized spacial score (nSPS) is 25.1. The summed E-state index contributed by atoms with van der Waals surface area (Å²) in [6.45, 7) is 15.2. The second-order valence-electron chi connectivity index (χ2n) is 8.76. The first-order valence-electron chi connectivity index (χ1n) is 8.70. The highest BCUT2D eigenvalue weighted by molar-refractivity contribution is 4.91. The van der Waals surface area contributed by atoms with Crippen molar-refractivity contribution in [3.05, 3.63) is 0 Å². The van der Waals surface area contributed by atoms with Crippen LogP contribution in [-0.2, 0) is 0 Å². The SMILES string of the molecule is CN1CCC(C(C)(C)CC(C)(C)C2CCNCC2)CC1. The number of rotatable bonds is 4. The number of likely N-dealkylation sites (tertiary alicyclic amines) is 1. The summed E-state index contributed by atoms with van der Waals surface area (Å²) in [5.74, 6) is 1.83. The van der Waals surface area contributed by atoms with E-state index in [0.717, 1.165) is 11.8 Å². The van der Waals surface area contributed by atoms with Gasteiger partial charge < -0.3 is 10.2 Å². The van der Waals surface area contributed by atoms with Gasteiger partial charge in [0.25, 0.3) is 0 Å². The van der Waals surface area contributed by atoms with Crippen LogP contribution in [0.25, 0.3) is 0 Å². The summed E-state index contributed by atoms with van der Waals surface area (Å²) in [6, 6.07) is 0. The molecule has 2 aliphatic rings. The van der Waals surface area contributed by atoms with Crippen molar-refractivity contribution < 1.29 is 0 Å². The summed E-state index contributed by atoms with van der Waals surface area (Å²) in [6.07, 6.45) is 6.92. The standard InChI is InChI=1S/C18H36N2/c1-17(2,15-6-10-19-11-7-15)14-18(3,4)16-8-12-20(5)13-9-16/h15-16,19H,6-14H2,1-5H3. The molecule has 0 aliphatic carbocycles. The van der Waals surface area contributed by atoms with Gasteiger partial charge in [-0.2, -0.15) is 0 Å². The van der Waals surface area contributed by atoms with Crippen molar-refractivity contribution in [1.29, 1.82) is 0 Å². The van der Waals surface area contributed by atoms with E-state index in [1.807, 2.05) is 0 Å². The van der Waals surface area contributed by atoms with Crippen LogP contribution >= 0.6 is 0 Å². The smallest absolute Gasteiger partial charge is 0.00189 e. The first-order valence-corrected chi connectivity index (χ1v) is 8.70. The van der Waals surface area contributed by atoms with E-state index < -0.39 is 0 Å². The quantitative estimate of drug-likeness (QED) is 0.843. The molecule has 2 saturated heterocycles. The Kier molecular flexibility index (Phi) is 5.18. The molecule has 2 rings (SSSR count). The molecule has 0 bridgehead atoms. The average molecular weight is 280 g/mol. The highest BCUT2D eigenvalue weighted by Crippen LogP contribution is 2.47. The van der Waals surface area contributed by atoms with Crippen molar-refractivity contribution in [2.45, 2.75) is 59.8 Å². The Morgan fingerprint density at radius 3 is 1.80 bits per heavy atom. The van der Waals surface area contributed by atoms with Crippen LogP contribution in [-0.4, -0.2) is 38.1 Å². The Bertz CT molecular complexity index is 295. The predicted molar refractivity (Wildman–Crippen MR) is 88.0 cm³/mol. The number of piperidine rings is 2. The van der Waals surface area contributed by atoms with E-state index >= 15 is 0 Å². The Labute approximate surface area is 126 Å². The fourth-order valence-electron chi connectivity index (χ4n) is 4.86. The Balaban J connectivity index is 1.95. The number of hydrogen-bond donors (Lipinski definition) is 1. The second kappa shape index (κ2) is 6.36. The first kappa shape index (κ1) is 16.3. The minimum atomic E-state index is 0.495. The van der Waals surface area contributed by atoms with E-state index in [1.54, 1.807) is 0 Å². The van der Waals surface area contributed by atoms with Crippen molar-refractivity contribution in [3.8, 4) is 0 Å². The molecule has 0 aromatic carbocycles. The molecule has 2 nitrogen and oxygen atoms in total. The molecule has 0 atom stereocenters. The molecular weight excluding hydrogens is 244 g/mol. The molecule has 0 aromatic rings. The molecule has 0 aromatic heterocycles. The van der Waals surface area contributed by atoms with Gasteiger partial charge in [0.05, 0.1) is 0 Å². The third-order valence-electron chi connectivity index (χ3n) is 6.18. The molecule has 2 heterocycles. The topological polar surface area (TPSA) is 15.3 Å². The van der Waals surface area contributed by atoms with Crippen LogP contribution in [0.1, 0.15) is 59.8 Å². The van der Waals surface area contributed by atoms with Crippen molar-refractivity contribution in [2.24, 2.45) is 22.7 Å². The molecule has 0 unspecified atom stereocenters. The molecule has 118 valence electrons. The van der Waals surface area contributed by atoms with Gasteiger partial charge in [-0.05, 0) is 88.0 Å². The molecule has 0 amide bonds. The van der Waals surface area contributed by atoms with Crippen LogP contribution in [0.3, 0.4) is 0 Å². The highest BCUT2D eigenvalue weighted by Gasteiger charge is 2.40. The zero-order chi connectivity index (χ0) is 14.8. The zero-order valence-corrected chi connectivity index (χ0v) is 14.5. The number of nitrogens with one attached hydrogen (secondary N) is 1. The summed E-state index contributed by atoms with van der Waals surface area (Å²) in [7, 11) is 2.27. The van der Waals surface area contributed by atoms with Gasteiger partial charge in [-0.25, -0.2) is 0 Å². The molecule has 20 heavy (non-hydrogen) atoms. The molecule has 2 aliphatic heterocycles. The number of nitrogens with zero attached hydrogens (tertiary/aromatic N) is 1. The van der Waals surface area contributed by atoms with Crippen LogP contribution < -0.4 is 5.32 Å². The lowest BCUT2D eigenvalue weighted by Gasteiger charge is -2.47. The van der Waals surface area contributed by atoms with Gasteiger partial charge in [-0.1, -0.05) is 27.7 Å². The van der Waals surface area contributed by atoms with Crippen LogP contribution in [0.5, 0.6) is 0 Å². The van der Waals surface area contributed by atoms with Crippen LogP contribution in [0, 0.1) is 22.7 Å². The van der Waals surface area contributed by atoms with Gasteiger partial charge >= 0.3 is 0 Å². The molecule has 2 fully saturated rings. The van der Waals surface area contributed by atoms with Crippen LogP contribution in [0.4, 0.5) is 0 Å². The van der Waals surface area contributed by atoms with Gasteiger partial charge in [0.1, 0.15) is 0 Å². The average Bonchev–Trinajstić information content (AvgIpc) is 2.39. The van der Waals surface area contributed by atoms with Gasteiger partial charge in [0, 0.05) is 0 Å². The Morgan fingerprint density at radius 2 is 1.30 bits per heavy atom. The third kappa shape index (κ3) is 3.98. The molecule has 1 N–H and O–H groups in total. The van der Waals surface area contributed by atoms with Crippen LogP contribution in [0.2, 0.25) is 0 Å². The van der Waals surface area contributed by atoms with Crippen molar-refractivity contribution in [1.82, 2.24) is 10.2 Å². The van der Waals surface area contributed by atoms with Crippen molar-refractivity contribution >= 4 is 0 Å². The fourth-order valence-corrected chi connectivity index (χ4v) is 4.86. The fraction of sp³-hybridized carbons (Fsp3) is 1.00. The molecule has 0 saturated carbocycles. The van der Waals surface area contributed by atoms with Gasteiger partial charge in [-0.3, -0.25) is 0 Å². The summed E-state index contributed by atoms with van der Waals surface area (Å²) in [5, 5.41) is 3.51. The maximum Gasteiger partial charge on any atom is -0.00189 e. The Morgan fingerprint density at radius 1 is 0.850 bits per heavy atom. The maximum absolute atomic E-state index is 3.51. The summed E-state index contributed by atoms with van der Waals surface area (Å²) in [4.78, 5) is 2.49. The maximum atomic E-state index is 3.51. The van der Waals surface area contributed by atoms with Gasteiger partial charge in [-0.15, -0.1) is 0 Å². The van der Waals surface area contributed by atoms with Gasteiger partial charge in [0.2, 0.25) is 0 Å². The second-order valence-corrected chi connectivity index (χ2v) is 8.76. The zero-order valence-electron chi connectivity index (χ0n) is 14.5. The molecule has 2 heteroatoms. The molecule has 0 spiro atoms. The summed E-state index contributed by atoms with van der Waals surface area (Å²) < 4.78 is 0. The van der Waals surface area contributed by atoms with E-state index in [4.69, 9.17) is 0 Å². The molecule has 0 radical (unpaired) electrons. The number of hydrogen-bond acceptors (Lipinski definition) is 2. The predicted octanol–water partition coefficient (Wildman–Crippen LogP) is 3.77. The highest BCUT2D eigenvalue weighted by atomic mass is 15.1. The lowest BCUT2D eigenvalue weighted by Crippen LogP contribution is -2.42. The minimum absolute atomic E-state index is 0.495. The van der Waals surface area contributed by atoms with Crippen LogP contribution in [0.15, 0.2) is 0 Å². The summed E-state index contributed by atoms with van der Waals surface area (Å²) in [5.41, 5.74) is 0.991. The van der Waals surface area contributed by atoms with E-state index in [-0.39, 0.29) is 0 Å². The van der Waals surface area contributed by atoms with Crippen molar-refractivity contribution in [3.63, 3.8) is 0 Å². The van der Waals surface area contributed by atoms with Gasteiger partial charge in [0.15, 0.2) is 0 Å². The summed E-state index contributed by atoms with van der Waals surface area (Å²) >= 11 is 0.